The molecule has 0 fully saturated rings. The van der Waals surface area contributed by atoms with Crippen LogP contribution in [0.25, 0.3) is 0 Å². The number of rotatable bonds is 8. The normalized spacial score (nSPS) is 13.6. The summed E-state index contributed by atoms with van der Waals surface area (Å²) in [5.74, 6) is -0.0661. The molecule has 1 amide bonds. The molecule has 6 heteroatoms. The van der Waals surface area contributed by atoms with Crippen molar-refractivity contribution in [3.8, 4) is 0 Å². The summed E-state index contributed by atoms with van der Waals surface area (Å²) >= 11 is 0. The number of Topliss-reactive ketones (excluding diaryl/α,β-unsaturated/α-hetero) is 1. The first-order valence-corrected chi connectivity index (χ1v) is 7.81. The lowest BCUT2D eigenvalue weighted by Crippen LogP contribution is -2.47. The maximum absolute atomic E-state index is 12.2. The zero-order chi connectivity index (χ0) is 17.4. The van der Waals surface area contributed by atoms with E-state index in [2.05, 4.69) is 5.32 Å². The van der Waals surface area contributed by atoms with Gasteiger partial charge in [0.1, 0.15) is 11.6 Å². The molecule has 0 rings (SSSR count). The molecule has 0 saturated carbocycles. The van der Waals surface area contributed by atoms with E-state index in [0.29, 0.717) is 19.4 Å². The third kappa shape index (κ3) is 11.5. The van der Waals surface area contributed by atoms with E-state index in [9.17, 15) is 9.59 Å². The number of alkyl carbamates (subject to hydrolysis) is 1. The molecule has 0 aromatic carbocycles. The van der Waals surface area contributed by atoms with Crippen LogP contribution in [0, 0.1) is 0 Å². The highest BCUT2D eigenvalue weighted by molar-refractivity contribution is 5.87. The number of ether oxygens (including phenoxy) is 2. The lowest BCUT2D eigenvalue weighted by atomic mass is 10.1. The summed E-state index contributed by atoms with van der Waals surface area (Å²) in [6.07, 6.45) is 1.25. The lowest BCUT2D eigenvalue weighted by molar-refractivity contribution is -0.124. The maximum atomic E-state index is 12.2. The number of ketones is 1. The van der Waals surface area contributed by atoms with Gasteiger partial charge in [0.05, 0.1) is 12.2 Å². The molecule has 0 spiro atoms. The third-order valence-corrected chi connectivity index (χ3v) is 2.64. The van der Waals surface area contributed by atoms with Gasteiger partial charge in [0.15, 0.2) is 5.78 Å². The molecule has 22 heavy (non-hydrogen) atoms. The fourth-order valence-corrected chi connectivity index (χ4v) is 1.62. The predicted molar refractivity (Wildman–Crippen MR) is 86.8 cm³/mol. The average molecular weight is 316 g/mol. The van der Waals surface area contributed by atoms with Crippen LogP contribution < -0.4 is 11.1 Å². The smallest absolute Gasteiger partial charge is 0.408 e. The Kier molecular flexibility index (Phi) is 8.63. The first-order chi connectivity index (χ1) is 9.94. The molecule has 0 aliphatic carbocycles. The second kappa shape index (κ2) is 9.10. The van der Waals surface area contributed by atoms with Gasteiger partial charge in [-0.15, -0.1) is 0 Å². The summed E-state index contributed by atoms with van der Waals surface area (Å²) in [5, 5.41) is 2.61. The van der Waals surface area contributed by atoms with Crippen LogP contribution in [0.1, 0.15) is 60.8 Å². The molecule has 0 aliphatic heterocycles. The van der Waals surface area contributed by atoms with Gasteiger partial charge in [-0.2, -0.15) is 0 Å². The molecule has 0 aromatic rings. The average Bonchev–Trinajstić information content (AvgIpc) is 2.31. The van der Waals surface area contributed by atoms with Crippen LogP contribution in [-0.4, -0.2) is 42.3 Å². The van der Waals surface area contributed by atoms with Crippen molar-refractivity contribution in [2.24, 2.45) is 5.73 Å². The van der Waals surface area contributed by atoms with Gasteiger partial charge in [0, 0.05) is 6.42 Å². The van der Waals surface area contributed by atoms with E-state index in [1.54, 1.807) is 20.8 Å². The zero-order valence-electron chi connectivity index (χ0n) is 14.8. The number of unbranched alkanes of at least 4 members (excludes halogenated alkanes) is 1. The summed E-state index contributed by atoms with van der Waals surface area (Å²) in [6, 6.07) is -0.702. The van der Waals surface area contributed by atoms with Crippen molar-refractivity contribution in [3.05, 3.63) is 0 Å². The number of hydrogen-bond acceptors (Lipinski definition) is 5. The molecule has 0 saturated heterocycles. The van der Waals surface area contributed by atoms with Crippen LogP contribution in [0.15, 0.2) is 0 Å². The van der Waals surface area contributed by atoms with E-state index < -0.39 is 17.7 Å². The van der Waals surface area contributed by atoms with E-state index >= 15 is 0 Å². The van der Waals surface area contributed by atoms with Crippen molar-refractivity contribution in [3.63, 3.8) is 0 Å². The molecule has 6 nitrogen and oxygen atoms in total. The third-order valence-electron chi connectivity index (χ3n) is 2.64. The lowest BCUT2D eigenvalue weighted by Gasteiger charge is -2.26. The number of carbonyl (C=O) groups excluding carboxylic acids is 2. The quantitative estimate of drug-likeness (QED) is 0.671. The Hall–Kier alpha value is -1.14. The number of hydrogen-bond donors (Lipinski definition) is 2. The summed E-state index contributed by atoms with van der Waals surface area (Å²) in [6.45, 7) is 11.7. The molecule has 0 radical (unpaired) electrons. The van der Waals surface area contributed by atoms with Crippen molar-refractivity contribution >= 4 is 11.9 Å². The highest BCUT2D eigenvalue weighted by Crippen LogP contribution is 2.11. The maximum Gasteiger partial charge on any atom is 0.408 e. The molecule has 130 valence electrons. The van der Waals surface area contributed by atoms with Gasteiger partial charge in [-0.1, -0.05) is 0 Å². The highest BCUT2D eigenvalue weighted by atomic mass is 16.6. The summed E-state index contributed by atoms with van der Waals surface area (Å²) < 4.78 is 10.8. The van der Waals surface area contributed by atoms with Gasteiger partial charge in [0.2, 0.25) is 0 Å². The van der Waals surface area contributed by atoms with E-state index in [0.717, 1.165) is 6.42 Å². The Balaban J connectivity index is 4.63. The number of amides is 1. The SMILES string of the molecule is CC(C)(C)OC[C@H](NC(=O)OC(C)(C)C)C(=O)CCCCN. The summed E-state index contributed by atoms with van der Waals surface area (Å²) in [5.41, 5.74) is 4.44. The highest BCUT2D eigenvalue weighted by Gasteiger charge is 2.25. The van der Waals surface area contributed by atoms with E-state index in [4.69, 9.17) is 15.2 Å². The van der Waals surface area contributed by atoms with Crippen LogP contribution >= 0.6 is 0 Å². The Morgan fingerprint density at radius 2 is 1.64 bits per heavy atom. The van der Waals surface area contributed by atoms with Gasteiger partial charge in [-0.05, 0) is 60.9 Å². The molecule has 0 heterocycles. The van der Waals surface area contributed by atoms with Crippen LogP contribution in [0.4, 0.5) is 4.79 Å². The summed E-state index contributed by atoms with van der Waals surface area (Å²) in [7, 11) is 0. The van der Waals surface area contributed by atoms with Gasteiger partial charge in [-0.25, -0.2) is 4.79 Å². The van der Waals surface area contributed by atoms with Crippen molar-refractivity contribution in [1.82, 2.24) is 5.32 Å². The molecular weight excluding hydrogens is 284 g/mol. The molecule has 1 atom stereocenters. The summed E-state index contributed by atoms with van der Waals surface area (Å²) in [4.78, 5) is 24.1. The molecule has 0 bridgehead atoms. The Bertz CT molecular complexity index is 356. The topological polar surface area (TPSA) is 90.6 Å². The minimum Gasteiger partial charge on any atom is -0.444 e. The second-order valence-corrected chi connectivity index (χ2v) is 7.33. The number of carbonyl (C=O) groups is 2. The number of nitrogens with one attached hydrogen (secondary N) is 1. The number of nitrogens with two attached hydrogens (primary N) is 1. The fourth-order valence-electron chi connectivity index (χ4n) is 1.62. The van der Waals surface area contributed by atoms with E-state index in [1.807, 2.05) is 20.8 Å². The van der Waals surface area contributed by atoms with E-state index in [1.165, 1.54) is 0 Å². The van der Waals surface area contributed by atoms with Crippen molar-refractivity contribution in [2.75, 3.05) is 13.2 Å². The molecule has 0 unspecified atom stereocenters. The van der Waals surface area contributed by atoms with Crippen molar-refractivity contribution in [2.45, 2.75) is 78.0 Å². The first kappa shape index (κ1) is 20.9. The largest absolute Gasteiger partial charge is 0.444 e. The van der Waals surface area contributed by atoms with Gasteiger partial charge in [0.25, 0.3) is 0 Å². The van der Waals surface area contributed by atoms with Crippen LogP contribution in [0.5, 0.6) is 0 Å². The Morgan fingerprint density at radius 1 is 1.05 bits per heavy atom. The van der Waals surface area contributed by atoms with E-state index in [-0.39, 0.29) is 18.0 Å². The van der Waals surface area contributed by atoms with Gasteiger partial charge in [-0.3, -0.25) is 4.79 Å². The minimum atomic E-state index is -0.702. The molecular formula is C16H32N2O4. The second-order valence-electron chi connectivity index (χ2n) is 7.33. The standard InChI is InChI=1S/C16H32N2O4/c1-15(2,3)21-11-12(13(19)9-7-8-10-17)18-14(20)22-16(4,5)6/h12H,7-11,17H2,1-6H3,(H,18,20)/t12-/m0/s1. The molecule has 0 aliphatic rings. The van der Waals surface area contributed by atoms with Crippen molar-refractivity contribution in [1.29, 1.82) is 0 Å². The van der Waals surface area contributed by atoms with Gasteiger partial charge >= 0.3 is 6.09 Å². The fraction of sp³-hybridized carbons (Fsp3) is 0.875. The Labute approximate surface area is 134 Å². The van der Waals surface area contributed by atoms with Gasteiger partial charge < -0.3 is 20.5 Å². The predicted octanol–water partition coefficient (Wildman–Crippen LogP) is 2.39. The Morgan fingerprint density at radius 3 is 2.09 bits per heavy atom. The first-order valence-electron chi connectivity index (χ1n) is 7.81. The monoisotopic (exact) mass is 316 g/mol. The zero-order valence-corrected chi connectivity index (χ0v) is 14.8. The van der Waals surface area contributed by atoms with Crippen molar-refractivity contribution < 1.29 is 19.1 Å². The molecule has 3 N–H and O–H groups in total. The minimum absolute atomic E-state index is 0.0661. The van der Waals surface area contributed by atoms with Crippen LogP contribution in [0.2, 0.25) is 0 Å². The molecule has 0 aromatic heterocycles. The van der Waals surface area contributed by atoms with Crippen LogP contribution in [-0.2, 0) is 14.3 Å². The van der Waals surface area contributed by atoms with Crippen LogP contribution in [0.3, 0.4) is 0 Å².